The molecule has 0 spiro atoms. The van der Waals surface area contributed by atoms with Crippen molar-refractivity contribution in [3.8, 4) is 6.07 Å². The van der Waals surface area contributed by atoms with Crippen molar-refractivity contribution >= 4 is 0 Å². The van der Waals surface area contributed by atoms with E-state index in [1.807, 2.05) is 0 Å². The van der Waals surface area contributed by atoms with Gasteiger partial charge >= 0.3 is 5.69 Å². The lowest BCUT2D eigenvalue weighted by molar-refractivity contribution is 0.771. The third kappa shape index (κ3) is 1.05. The molecule has 56 valence electrons. The summed E-state index contributed by atoms with van der Waals surface area (Å²) in [6.45, 7) is 0. The first kappa shape index (κ1) is 7.28. The lowest BCUT2D eigenvalue weighted by atomic mass is 10.4. The van der Waals surface area contributed by atoms with Crippen LogP contribution in [0.25, 0.3) is 0 Å². The van der Waals surface area contributed by atoms with Gasteiger partial charge in [-0.2, -0.15) is 5.26 Å². The predicted molar refractivity (Wildman–Crippen MR) is 37.0 cm³/mol. The van der Waals surface area contributed by atoms with Crippen molar-refractivity contribution in [3.63, 3.8) is 0 Å². The molecule has 1 heterocycles. The van der Waals surface area contributed by atoms with Crippen LogP contribution >= 0.6 is 0 Å². The number of aromatic amines is 1. The van der Waals surface area contributed by atoms with E-state index in [0.717, 1.165) is 10.8 Å². The molecule has 0 fully saturated rings. The van der Waals surface area contributed by atoms with Crippen LogP contribution in [-0.4, -0.2) is 9.55 Å². The molecule has 0 bridgehead atoms. The summed E-state index contributed by atoms with van der Waals surface area (Å²) in [5, 5.41) is 8.35. The first-order valence-electron chi connectivity index (χ1n) is 2.85. The minimum absolute atomic E-state index is 0.0629. The van der Waals surface area contributed by atoms with Gasteiger partial charge in [-0.05, 0) is 0 Å². The van der Waals surface area contributed by atoms with Crippen LogP contribution in [0.15, 0.2) is 15.8 Å². The zero-order chi connectivity index (χ0) is 8.43. The average molecular weight is 151 g/mol. The molecule has 0 radical (unpaired) electrons. The van der Waals surface area contributed by atoms with Crippen LogP contribution in [0.1, 0.15) is 5.56 Å². The molecule has 0 saturated heterocycles. The van der Waals surface area contributed by atoms with Gasteiger partial charge in [0.2, 0.25) is 0 Å². The molecule has 0 aliphatic carbocycles. The van der Waals surface area contributed by atoms with E-state index in [4.69, 9.17) is 5.26 Å². The van der Waals surface area contributed by atoms with Gasteiger partial charge in [0.15, 0.2) is 0 Å². The summed E-state index contributed by atoms with van der Waals surface area (Å²) in [6, 6.07) is 1.66. The lowest BCUT2D eigenvalue weighted by Crippen LogP contribution is -2.33. The molecule has 5 heteroatoms. The van der Waals surface area contributed by atoms with Gasteiger partial charge in [0.1, 0.15) is 11.6 Å². The first-order chi connectivity index (χ1) is 5.16. The second-order valence-electron chi connectivity index (χ2n) is 1.98. The van der Waals surface area contributed by atoms with Crippen molar-refractivity contribution in [1.29, 1.82) is 5.26 Å². The van der Waals surface area contributed by atoms with Gasteiger partial charge in [-0.15, -0.1) is 0 Å². The van der Waals surface area contributed by atoms with E-state index in [0.29, 0.717) is 0 Å². The Morgan fingerprint density at radius 1 is 1.64 bits per heavy atom. The van der Waals surface area contributed by atoms with Crippen LogP contribution in [0.5, 0.6) is 0 Å². The standard InChI is InChI=1S/C6H5N3O2/c1-9-5(10)4(2-7)3-8-6(9)11/h3H,1H3,(H,8,11). The maximum atomic E-state index is 10.9. The molecular formula is C6H5N3O2. The summed E-state index contributed by atoms with van der Waals surface area (Å²) in [5.41, 5.74) is -1.16. The van der Waals surface area contributed by atoms with E-state index >= 15 is 0 Å². The predicted octanol–water partition coefficient (Wildman–Crippen LogP) is -1.05. The number of H-pyrrole nitrogens is 1. The number of nitrogens with one attached hydrogen (secondary N) is 1. The molecule has 0 amide bonds. The molecule has 0 unspecified atom stereocenters. The third-order valence-electron chi connectivity index (χ3n) is 1.30. The van der Waals surface area contributed by atoms with Gasteiger partial charge < -0.3 is 4.98 Å². The maximum Gasteiger partial charge on any atom is 0.328 e. The maximum absolute atomic E-state index is 10.9. The van der Waals surface area contributed by atoms with Crippen molar-refractivity contribution in [2.45, 2.75) is 0 Å². The van der Waals surface area contributed by atoms with Crippen LogP contribution in [-0.2, 0) is 7.05 Å². The quantitative estimate of drug-likeness (QED) is 0.513. The molecule has 1 rings (SSSR count). The molecule has 0 atom stereocenters. The third-order valence-corrected chi connectivity index (χ3v) is 1.30. The van der Waals surface area contributed by atoms with Crippen LogP contribution in [0.3, 0.4) is 0 Å². The van der Waals surface area contributed by atoms with Gasteiger partial charge in [0, 0.05) is 13.2 Å². The molecule has 11 heavy (non-hydrogen) atoms. The van der Waals surface area contributed by atoms with E-state index in [2.05, 4.69) is 4.98 Å². The Labute approximate surface area is 61.5 Å². The summed E-state index contributed by atoms with van der Waals surface area (Å²) in [6.07, 6.45) is 1.10. The van der Waals surface area contributed by atoms with Gasteiger partial charge in [-0.25, -0.2) is 4.79 Å². The molecule has 1 aromatic rings. The molecule has 1 aromatic heterocycles. The smallest absolute Gasteiger partial charge is 0.313 e. The van der Waals surface area contributed by atoms with Crippen molar-refractivity contribution in [3.05, 3.63) is 32.6 Å². The highest BCUT2D eigenvalue weighted by Gasteiger charge is 2.00. The fourth-order valence-electron chi connectivity index (χ4n) is 0.645. The van der Waals surface area contributed by atoms with Crippen LogP contribution in [0.4, 0.5) is 0 Å². The Bertz CT molecular complexity index is 421. The second kappa shape index (κ2) is 2.42. The summed E-state index contributed by atoms with van der Waals surface area (Å²) >= 11 is 0. The SMILES string of the molecule is Cn1c(=O)[nH]cc(C#N)c1=O. The monoisotopic (exact) mass is 151 g/mol. The summed E-state index contributed by atoms with van der Waals surface area (Å²) in [7, 11) is 1.31. The summed E-state index contributed by atoms with van der Waals surface area (Å²) in [5.74, 6) is 0. The Morgan fingerprint density at radius 3 is 2.82 bits per heavy atom. The molecule has 0 aliphatic rings. The zero-order valence-corrected chi connectivity index (χ0v) is 5.79. The minimum Gasteiger partial charge on any atom is -0.313 e. The van der Waals surface area contributed by atoms with Crippen molar-refractivity contribution in [2.75, 3.05) is 0 Å². The zero-order valence-electron chi connectivity index (χ0n) is 5.79. The number of hydrogen-bond acceptors (Lipinski definition) is 3. The minimum atomic E-state index is -0.573. The van der Waals surface area contributed by atoms with Gasteiger partial charge in [0.25, 0.3) is 5.56 Å². The van der Waals surface area contributed by atoms with Gasteiger partial charge in [0.05, 0.1) is 0 Å². The molecule has 1 N–H and O–H groups in total. The van der Waals surface area contributed by atoms with Crippen molar-refractivity contribution < 1.29 is 0 Å². The number of hydrogen-bond donors (Lipinski definition) is 1. The molecule has 5 nitrogen and oxygen atoms in total. The van der Waals surface area contributed by atoms with Crippen molar-refractivity contribution in [2.24, 2.45) is 7.05 Å². The average Bonchev–Trinajstić information content (AvgIpc) is 2.01. The fourth-order valence-corrected chi connectivity index (χ4v) is 0.645. The topological polar surface area (TPSA) is 78.7 Å². The van der Waals surface area contributed by atoms with Crippen LogP contribution < -0.4 is 11.2 Å². The molecule has 0 saturated carbocycles. The first-order valence-corrected chi connectivity index (χ1v) is 2.85. The van der Waals surface area contributed by atoms with Gasteiger partial charge in [-0.3, -0.25) is 9.36 Å². The van der Waals surface area contributed by atoms with E-state index < -0.39 is 11.2 Å². The Balaban J connectivity index is 3.67. The van der Waals surface area contributed by atoms with E-state index in [1.54, 1.807) is 6.07 Å². The highest BCUT2D eigenvalue weighted by molar-refractivity contribution is 5.21. The largest absolute Gasteiger partial charge is 0.328 e. The van der Waals surface area contributed by atoms with E-state index in [1.165, 1.54) is 7.05 Å². The number of nitrogens with zero attached hydrogens (tertiary/aromatic N) is 2. The number of nitriles is 1. The highest BCUT2D eigenvalue weighted by atomic mass is 16.2. The molecular weight excluding hydrogens is 146 g/mol. The Morgan fingerprint density at radius 2 is 2.27 bits per heavy atom. The second-order valence-corrected chi connectivity index (χ2v) is 1.98. The Kier molecular flexibility index (Phi) is 1.60. The fraction of sp³-hybridized carbons (Fsp3) is 0.167. The summed E-state index contributed by atoms with van der Waals surface area (Å²) in [4.78, 5) is 23.9. The van der Waals surface area contributed by atoms with Crippen LogP contribution in [0.2, 0.25) is 0 Å². The molecule has 0 aromatic carbocycles. The lowest BCUT2D eigenvalue weighted by Gasteiger charge is -1.92. The number of aromatic nitrogens is 2. The Hall–Kier alpha value is -1.83. The van der Waals surface area contributed by atoms with E-state index in [-0.39, 0.29) is 5.56 Å². The highest BCUT2D eigenvalue weighted by Crippen LogP contribution is 1.77. The van der Waals surface area contributed by atoms with E-state index in [9.17, 15) is 9.59 Å². The van der Waals surface area contributed by atoms with Gasteiger partial charge in [-0.1, -0.05) is 0 Å². The normalized spacial score (nSPS) is 9.09. The van der Waals surface area contributed by atoms with Crippen molar-refractivity contribution in [1.82, 2.24) is 9.55 Å². The summed E-state index contributed by atoms with van der Waals surface area (Å²) < 4.78 is 0.846. The van der Waals surface area contributed by atoms with Crippen LogP contribution in [0, 0.1) is 11.3 Å². The molecule has 0 aliphatic heterocycles. The number of rotatable bonds is 0.